The molecule has 46 heavy (non-hydrogen) atoms. The first-order chi connectivity index (χ1) is 21.4. The molecule has 0 N–H and O–H groups in total. The molecule has 240 valence electrons. The van der Waals surface area contributed by atoms with Crippen molar-refractivity contribution < 1.29 is 28.7 Å². The summed E-state index contributed by atoms with van der Waals surface area (Å²) in [7, 11) is 0. The fourth-order valence-electron chi connectivity index (χ4n) is 9.68. The highest BCUT2D eigenvalue weighted by Gasteiger charge is 2.72. The van der Waals surface area contributed by atoms with Crippen molar-refractivity contribution in [2.75, 3.05) is 0 Å². The summed E-state index contributed by atoms with van der Waals surface area (Å²) in [6, 6.07) is 15.7. The van der Waals surface area contributed by atoms with Crippen LogP contribution in [0.1, 0.15) is 103 Å². The summed E-state index contributed by atoms with van der Waals surface area (Å²) in [6.07, 6.45) is 7.82. The number of fused-ring (bicyclic) bond motifs is 2. The first kappa shape index (κ1) is 31.1. The Labute approximate surface area is 271 Å². The van der Waals surface area contributed by atoms with E-state index in [0.717, 1.165) is 22.3 Å². The molecule has 0 aromatic heterocycles. The van der Waals surface area contributed by atoms with E-state index >= 15 is 0 Å². The Bertz CT molecular complexity index is 1550. The number of hydrogen-bond donors (Lipinski definition) is 0. The van der Waals surface area contributed by atoms with Crippen LogP contribution in [0.5, 0.6) is 0 Å². The van der Waals surface area contributed by atoms with E-state index < -0.39 is 44.1 Å². The molecule has 6 nitrogen and oxygen atoms in total. The SMILES string of the molecule is CC1(C)C(=O)/C=C\C(=O)C(C)(C)C23CCC(O2)(c2ccccc23)C(C)(C)C(=O)/C=C\C(=O)C(C)(C)C23CCC1(O2)c1ccccc13. The summed E-state index contributed by atoms with van der Waals surface area (Å²) in [4.78, 5) is 57.0. The minimum absolute atomic E-state index is 0.216. The fraction of sp³-hybridized carbons (Fsp3) is 0.500. The van der Waals surface area contributed by atoms with Gasteiger partial charge in [0.05, 0.1) is 21.7 Å². The zero-order valence-electron chi connectivity index (χ0n) is 28.2. The maximum atomic E-state index is 14.3. The highest BCUT2D eigenvalue weighted by molar-refractivity contribution is 6.05. The van der Waals surface area contributed by atoms with Crippen LogP contribution in [-0.4, -0.2) is 23.1 Å². The van der Waals surface area contributed by atoms with Crippen LogP contribution in [-0.2, 0) is 51.1 Å². The molecule has 2 saturated heterocycles. The van der Waals surface area contributed by atoms with Crippen LogP contribution < -0.4 is 0 Å². The molecule has 0 amide bonds. The van der Waals surface area contributed by atoms with E-state index in [9.17, 15) is 19.2 Å². The van der Waals surface area contributed by atoms with Gasteiger partial charge in [0.1, 0.15) is 22.4 Å². The lowest BCUT2D eigenvalue weighted by Gasteiger charge is -2.42. The third kappa shape index (κ3) is 3.30. The van der Waals surface area contributed by atoms with Crippen molar-refractivity contribution in [2.45, 2.75) is 103 Å². The fourth-order valence-corrected chi connectivity index (χ4v) is 9.68. The molecule has 5 heterocycles. The van der Waals surface area contributed by atoms with Gasteiger partial charge < -0.3 is 9.47 Å². The monoisotopic (exact) mass is 620 g/mol. The Balaban J connectivity index is 1.44. The van der Waals surface area contributed by atoms with Gasteiger partial charge in [-0.25, -0.2) is 0 Å². The number of ketones is 4. The summed E-state index contributed by atoms with van der Waals surface area (Å²) < 4.78 is 14.2. The Morgan fingerprint density at radius 2 is 0.587 bits per heavy atom. The van der Waals surface area contributed by atoms with Crippen molar-refractivity contribution in [1.29, 1.82) is 0 Å². The van der Waals surface area contributed by atoms with Crippen LogP contribution in [0, 0.1) is 21.7 Å². The molecular weight excluding hydrogens is 576 g/mol. The molecule has 2 aromatic rings. The molecule has 2 aromatic carbocycles. The van der Waals surface area contributed by atoms with Gasteiger partial charge >= 0.3 is 0 Å². The van der Waals surface area contributed by atoms with Gasteiger partial charge in [-0.3, -0.25) is 19.2 Å². The molecule has 5 aliphatic heterocycles. The normalized spacial score (nSPS) is 37.7. The van der Waals surface area contributed by atoms with E-state index in [1.54, 1.807) is 0 Å². The predicted octanol–water partition coefficient (Wildman–Crippen LogP) is 7.32. The molecule has 0 radical (unpaired) electrons. The van der Waals surface area contributed by atoms with Crippen molar-refractivity contribution in [3.05, 3.63) is 95.1 Å². The average Bonchev–Trinajstić information content (AvgIpc) is 3.79. The zero-order chi connectivity index (χ0) is 33.3. The quantitative estimate of drug-likeness (QED) is 0.307. The molecule has 7 rings (SSSR count). The molecule has 6 heteroatoms. The van der Waals surface area contributed by atoms with E-state index in [-0.39, 0.29) is 23.1 Å². The first-order valence-electron chi connectivity index (χ1n) is 16.5. The van der Waals surface area contributed by atoms with Crippen molar-refractivity contribution >= 4 is 23.1 Å². The second kappa shape index (κ2) is 9.11. The van der Waals surface area contributed by atoms with Gasteiger partial charge in [0.15, 0.2) is 23.1 Å². The number of benzene rings is 2. The lowest BCUT2D eigenvalue weighted by atomic mass is 9.58. The van der Waals surface area contributed by atoms with E-state index in [1.807, 2.05) is 104 Å². The highest BCUT2D eigenvalue weighted by Crippen LogP contribution is 2.71. The molecule has 0 aliphatic carbocycles. The third-order valence-corrected chi connectivity index (χ3v) is 13.2. The predicted molar refractivity (Wildman–Crippen MR) is 174 cm³/mol. The van der Waals surface area contributed by atoms with Gasteiger partial charge in [-0.05, 0) is 128 Å². The molecule has 2 fully saturated rings. The smallest absolute Gasteiger partial charge is 0.164 e. The van der Waals surface area contributed by atoms with E-state index in [1.165, 1.54) is 24.3 Å². The lowest BCUT2D eigenvalue weighted by Crippen LogP contribution is -2.48. The van der Waals surface area contributed by atoms with Crippen LogP contribution >= 0.6 is 0 Å². The molecular formula is C40H44O6. The lowest BCUT2D eigenvalue weighted by molar-refractivity contribution is -0.190. The molecule has 5 aliphatic rings. The van der Waals surface area contributed by atoms with Crippen LogP contribution in [0.4, 0.5) is 0 Å². The van der Waals surface area contributed by atoms with Crippen molar-refractivity contribution in [2.24, 2.45) is 21.7 Å². The van der Waals surface area contributed by atoms with Crippen molar-refractivity contribution in [3.8, 4) is 0 Å². The summed E-state index contributed by atoms with van der Waals surface area (Å²) >= 11 is 0. The highest BCUT2D eigenvalue weighted by atomic mass is 16.5. The largest absolute Gasteiger partial charge is 0.357 e. The van der Waals surface area contributed by atoms with Crippen LogP contribution in [0.2, 0.25) is 0 Å². The standard InChI is InChI=1S/C40H44O6/c1-33(2)29(41)17-18-30(42)35(5,6)39-23-24-40(46-39,28-16-12-11-15-27(28)39)36(7,8)32(44)20-19-31(43)34(3,4)38-22-21-37(33,45-38)25-13-9-10-14-26(25)38/h9-20H,21-24H2,1-8H3/b18-17-,20-19-. The zero-order valence-corrected chi connectivity index (χ0v) is 28.2. The second-order valence-electron chi connectivity index (χ2n) is 16.2. The number of ether oxygens (including phenoxy) is 2. The maximum Gasteiger partial charge on any atom is 0.164 e. The number of hydrogen-bond acceptors (Lipinski definition) is 6. The summed E-state index contributed by atoms with van der Waals surface area (Å²) in [5, 5.41) is 0. The number of allylic oxidation sites excluding steroid dienone is 4. The minimum Gasteiger partial charge on any atom is -0.357 e. The molecule has 0 saturated carbocycles. The van der Waals surface area contributed by atoms with Gasteiger partial charge in [-0.2, -0.15) is 0 Å². The Morgan fingerprint density at radius 3 is 0.783 bits per heavy atom. The van der Waals surface area contributed by atoms with Crippen LogP contribution in [0.15, 0.2) is 72.8 Å². The second-order valence-corrected chi connectivity index (χ2v) is 16.2. The summed E-state index contributed by atoms with van der Waals surface area (Å²) in [5.41, 5.74) is -4.60. The Kier molecular flexibility index (Phi) is 6.16. The Morgan fingerprint density at radius 1 is 0.391 bits per heavy atom. The van der Waals surface area contributed by atoms with Crippen LogP contribution in [0.25, 0.3) is 0 Å². The minimum atomic E-state index is -1.06. The van der Waals surface area contributed by atoms with E-state index in [2.05, 4.69) is 0 Å². The number of carbonyl (C=O) groups is 4. The topological polar surface area (TPSA) is 86.7 Å². The molecule has 4 atom stereocenters. The molecule has 0 spiro atoms. The average molecular weight is 621 g/mol. The van der Waals surface area contributed by atoms with Crippen LogP contribution in [0.3, 0.4) is 0 Å². The number of carbonyl (C=O) groups excluding carboxylic acids is 4. The summed E-state index contributed by atoms with van der Waals surface area (Å²) in [6.45, 7) is 15.0. The van der Waals surface area contributed by atoms with Gasteiger partial charge in [-0.15, -0.1) is 0 Å². The van der Waals surface area contributed by atoms with Crippen molar-refractivity contribution in [3.63, 3.8) is 0 Å². The first-order valence-corrected chi connectivity index (χ1v) is 16.5. The molecule has 4 bridgehead atoms. The van der Waals surface area contributed by atoms with Gasteiger partial charge in [0, 0.05) is 0 Å². The summed E-state index contributed by atoms with van der Waals surface area (Å²) in [5.74, 6) is -0.863. The maximum absolute atomic E-state index is 14.3. The van der Waals surface area contributed by atoms with Crippen molar-refractivity contribution in [1.82, 2.24) is 0 Å². The third-order valence-electron chi connectivity index (χ3n) is 13.2. The molecule has 4 unspecified atom stereocenters. The van der Waals surface area contributed by atoms with Gasteiger partial charge in [0.25, 0.3) is 0 Å². The van der Waals surface area contributed by atoms with Gasteiger partial charge in [-0.1, -0.05) is 48.5 Å². The Hall–Kier alpha value is -3.48. The van der Waals surface area contributed by atoms with E-state index in [0.29, 0.717) is 25.7 Å². The van der Waals surface area contributed by atoms with E-state index in [4.69, 9.17) is 9.47 Å². The van der Waals surface area contributed by atoms with Gasteiger partial charge in [0.2, 0.25) is 0 Å². The number of rotatable bonds is 0.